The topological polar surface area (TPSA) is 40.6 Å². The summed E-state index contributed by atoms with van der Waals surface area (Å²) in [5, 5.41) is 0. The van der Waals surface area contributed by atoms with Crippen molar-refractivity contribution in [3.05, 3.63) is 29.3 Å². The third-order valence-corrected chi connectivity index (χ3v) is 4.55. The second-order valence-corrected chi connectivity index (χ2v) is 6.68. The van der Waals surface area contributed by atoms with Crippen LogP contribution in [0.25, 0.3) is 0 Å². The lowest BCUT2D eigenvalue weighted by molar-refractivity contribution is -0.129. The number of hydrogen-bond acceptors (Lipinski definition) is 2. The molecule has 0 aromatic heterocycles. The first-order valence-electron chi connectivity index (χ1n) is 8.57. The molecular weight excluding hydrogens is 288 g/mol. The molecule has 1 aromatic rings. The molecule has 2 rings (SSSR count). The highest BCUT2D eigenvalue weighted by Crippen LogP contribution is 2.31. The fourth-order valence-electron chi connectivity index (χ4n) is 3.28. The first-order chi connectivity index (χ1) is 10.9. The Labute approximate surface area is 139 Å². The van der Waals surface area contributed by atoms with E-state index in [4.69, 9.17) is 0 Å². The zero-order chi connectivity index (χ0) is 17.0. The number of nitrogens with zero attached hydrogens (tertiary/aromatic N) is 2. The highest BCUT2D eigenvalue weighted by molar-refractivity contribution is 5.94. The number of para-hydroxylation sites is 1. The van der Waals surface area contributed by atoms with E-state index in [1.807, 2.05) is 24.0 Å². The molecule has 4 nitrogen and oxygen atoms in total. The molecule has 0 N–H and O–H groups in total. The largest absolute Gasteiger partial charge is 0.343 e. The Morgan fingerprint density at radius 1 is 1.22 bits per heavy atom. The van der Waals surface area contributed by atoms with Crippen molar-refractivity contribution < 1.29 is 9.59 Å². The molecule has 126 valence electrons. The highest BCUT2D eigenvalue weighted by Gasteiger charge is 2.22. The summed E-state index contributed by atoms with van der Waals surface area (Å²) in [6.07, 6.45) is 2.58. The van der Waals surface area contributed by atoms with Crippen LogP contribution in [-0.2, 0) is 9.59 Å². The van der Waals surface area contributed by atoms with Crippen LogP contribution in [-0.4, -0.2) is 36.3 Å². The van der Waals surface area contributed by atoms with E-state index in [9.17, 15) is 9.59 Å². The first kappa shape index (κ1) is 17.5. The van der Waals surface area contributed by atoms with Crippen molar-refractivity contribution in [1.82, 2.24) is 4.90 Å². The van der Waals surface area contributed by atoms with Gasteiger partial charge in [-0.15, -0.1) is 0 Å². The quantitative estimate of drug-likeness (QED) is 0.834. The van der Waals surface area contributed by atoms with E-state index >= 15 is 0 Å². The van der Waals surface area contributed by atoms with Crippen LogP contribution >= 0.6 is 0 Å². The lowest BCUT2D eigenvalue weighted by Gasteiger charge is -2.28. The van der Waals surface area contributed by atoms with Gasteiger partial charge in [0.2, 0.25) is 11.8 Å². The number of hydrogen-bond donors (Lipinski definition) is 0. The maximum Gasteiger partial charge on any atom is 0.224 e. The van der Waals surface area contributed by atoms with Crippen LogP contribution in [0.4, 0.5) is 5.69 Å². The van der Waals surface area contributed by atoms with Crippen LogP contribution in [0.5, 0.6) is 0 Å². The molecule has 0 aliphatic carbocycles. The smallest absolute Gasteiger partial charge is 0.224 e. The molecular formula is C19H28N2O2. The molecule has 0 unspecified atom stereocenters. The van der Waals surface area contributed by atoms with Gasteiger partial charge < -0.3 is 9.80 Å². The molecule has 23 heavy (non-hydrogen) atoms. The number of likely N-dealkylation sites (tertiary alicyclic amines) is 1. The van der Waals surface area contributed by atoms with E-state index in [1.165, 1.54) is 0 Å². The molecule has 2 amide bonds. The van der Waals surface area contributed by atoms with Crippen LogP contribution in [0, 0.1) is 6.92 Å². The minimum absolute atomic E-state index is 0.00424. The maximum atomic E-state index is 12.3. The number of amides is 2. The molecule has 0 saturated carbocycles. The van der Waals surface area contributed by atoms with E-state index in [0.717, 1.165) is 42.7 Å². The van der Waals surface area contributed by atoms with Crippen molar-refractivity contribution in [3.63, 3.8) is 0 Å². The molecule has 0 radical (unpaired) electrons. The van der Waals surface area contributed by atoms with Gasteiger partial charge in [0, 0.05) is 38.7 Å². The fourth-order valence-corrected chi connectivity index (χ4v) is 3.28. The molecule has 1 aliphatic heterocycles. The molecule has 0 atom stereocenters. The molecule has 0 bridgehead atoms. The van der Waals surface area contributed by atoms with Gasteiger partial charge in [-0.2, -0.15) is 0 Å². The molecule has 1 aliphatic rings. The summed E-state index contributed by atoms with van der Waals surface area (Å²) in [5.74, 6) is 0.491. The minimum atomic E-state index is -0.00424. The summed E-state index contributed by atoms with van der Waals surface area (Å²) >= 11 is 0. The minimum Gasteiger partial charge on any atom is -0.343 e. The SMILES string of the molecule is CC(=O)N(CCC(=O)N1CCCC1)c1c(C)cccc1C(C)C. The Bertz CT molecular complexity index is 575. The predicted molar refractivity (Wildman–Crippen MR) is 93.7 cm³/mol. The Morgan fingerprint density at radius 3 is 2.43 bits per heavy atom. The standard InChI is InChI=1S/C19H28N2O2/c1-14(2)17-9-7-8-15(3)19(17)21(16(4)22)13-10-18(23)20-11-5-6-12-20/h7-9,14H,5-6,10-13H2,1-4H3. The van der Waals surface area contributed by atoms with Crippen molar-refractivity contribution >= 4 is 17.5 Å². The van der Waals surface area contributed by atoms with Crippen molar-refractivity contribution in [2.24, 2.45) is 0 Å². The molecule has 1 aromatic carbocycles. The van der Waals surface area contributed by atoms with Crippen molar-refractivity contribution in [2.45, 2.75) is 52.9 Å². The second kappa shape index (κ2) is 7.62. The number of rotatable bonds is 5. The second-order valence-electron chi connectivity index (χ2n) is 6.68. The van der Waals surface area contributed by atoms with E-state index < -0.39 is 0 Å². The number of benzene rings is 1. The summed E-state index contributed by atoms with van der Waals surface area (Å²) in [7, 11) is 0. The van der Waals surface area contributed by atoms with Gasteiger partial charge in [-0.25, -0.2) is 0 Å². The van der Waals surface area contributed by atoms with Crippen molar-refractivity contribution in [3.8, 4) is 0 Å². The van der Waals surface area contributed by atoms with E-state index in [2.05, 4.69) is 19.9 Å². The van der Waals surface area contributed by atoms with Gasteiger partial charge in [0.1, 0.15) is 0 Å². The third-order valence-electron chi connectivity index (χ3n) is 4.55. The van der Waals surface area contributed by atoms with Crippen LogP contribution < -0.4 is 4.90 Å². The Morgan fingerprint density at radius 2 is 1.87 bits per heavy atom. The van der Waals surface area contributed by atoms with Gasteiger partial charge in [0.05, 0.1) is 0 Å². The number of anilines is 1. The number of carbonyl (C=O) groups excluding carboxylic acids is 2. The van der Waals surface area contributed by atoms with E-state index in [1.54, 1.807) is 11.8 Å². The lowest BCUT2D eigenvalue weighted by Crippen LogP contribution is -2.36. The van der Waals surface area contributed by atoms with Gasteiger partial charge in [0.25, 0.3) is 0 Å². The molecule has 1 saturated heterocycles. The van der Waals surface area contributed by atoms with Crippen LogP contribution in [0.3, 0.4) is 0 Å². The molecule has 0 spiro atoms. The zero-order valence-corrected chi connectivity index (χ0v) is 14.8. The monoisotopic (exact) mass is 316 g/mol. The number of aryl methyl sites for hydroxylation is 1. The van der Waals surface area contributed by atoms with E-state index in [0.29, 0.717) is 18.9 Å². The summed E-state index contributed by atoms with van der Waals surface area (Å²) in [6.45, 7) is 10.0. The Kier molecular flexibility index (Phi) is 5.80. The Hall–Kier alpha value is -1.84. The summed E-state index contributed by atoms with van der Waals surface area (Å²) < 4.78 is 0. The molecule has 1 heterocycles. The van der Waals surface area contributed by atoms with Gasteiger partial charge in [-0.1, -0.05) is 32.0 Å². The number of carbonyl (C=O) groups is 2. The van der Waals surface area contributed by atoms with Gasteiger partial charge in [-0.3, -0.25) is 9.59 Å². The predicted octanol–water partition coefficient (Wildman–Crippen LogP) is 3.48. The molecule has 1 fully saturated rings. The van der Waals surface area contributed by atoms with Gasteiger partial charge in [0.15, 0.2) is 0 Å². The van der Waals surface area contributed by atoms with E-state index in [-0.39, 0.29) is 11.8 Å². The average Bonchev–Trinajstić information content (AvgIpc) is 3.02. The summed E-state index contributed by atoms with van der Waals surface area (Å²) in [6, 6.07) is 6.13. The fraction of sp³-hybridized carbons (Fsp3) is 0.579. The van der Waals surface area contributed by atoms with Gasteiger partial charge >= 0.3 is 0 Å². The first-order valence-corrected chi connectivity index (χ1v) is 8.57. The van der Waals surface area contributed by atoms with Gasteiger partial charge in [-0.05, 0) is 36.8 Å². The Balaban J connectivity index is 2.19. The lowest BCUT2D eigenvalue weighted by atomic mass is 9.97. The van der Waals surface area contributed by atoms with Crippen molar-refractivity contribution in [1.29, 1.82) is 0 Å². The average molecular weight is 316 g/mol. The van der Waals surface area contributed by atoms with Crippen LogP contribution in [0.2, 0.25) is 0 Å². The van der Waals surface area contributed by atoms with Crippen LogP contribution in [0.1, 0.15) is 57.1 Å². The maximum absolute atomic E-state index is 12.3. The summed E-state index contributed by atoms with van der Waals surface area (Å²) in [5.41, 5.74) is 3.22. The summed E-state index contributed by atoms with van der Waals surface area (Å²) in [4.78, 5) is 28.2. The highest BCUT2D eigenvalue weighted by atomic mass is 16.2. The van der Waals surface area contributed by atoms with Crippen molar-refractivity contribution in [2.75, 3.05) is 24.5 Å². The molecule has 4 heteroatoms. The normalized spacial score (nSPS) is 14.4. The van der Waals surface area contributed by atoms with Crippen LogP contribution in [0.15, 0.2) is 18.2 Å². The zero-order valence-electron chi connectivity index (χ0n) is 14.8. The third kappa shape index (κ3) is 4.12.